The Morgan fingerprint density at radius 3 is 2.62 bits per heavy atom. The van der Waals surface area contributed by atoms with Crippen LogP contribution in [0.2, 0.25) is 0 Å². The zero-order chi connectivity index (χ0) is 17.4. The molecular formula is C17H20FN3O3. The number of nitrogens with zero attached hydrogens (tertiary/aromatic N) is 1. The van der Waals surface area contributed by atoms with Crippen molar-refractivity contribution in [3.8, 4) is 5.88 Å². The van der Waals surface area contributed by atoms with Crippen LogP contribution in [0.5, 0.6) is 5.88 Å². The van der Waals surface area contributed by atoms with Crippen LogP contribution < -0.4 is 15.4 Å². The molecule has 128 valence electrons. The molecule has 24 heavy (non-hydrogen) atoms. The van der Waals surface area contributed by atoms with Crippen LogP contribution >= 0.6 is 0 Å². The lowest BCUT2D eigenvalue weighted by Gasteiger charge is -2.15. The summed E-state index contributed by atoms with van der Waals surface area (Å²) in [5.74, 6) is 0.000654. The van der Waals surface area contributed by atoms with E-state index in [0.717, 1.165) is 5.56 Å². The lowest BCUT2D eigenvalue weighted by Crippen LogP contribution is -2.35. The standard InChI is InChI=1S/C17H20FN3O3/c1-24-16-7-6-15(10-19-16)21-17(23)20-9-13(11-22)8-12-2-4-14(18)5-3-12/h2-7,10,13,22H,8-9,11H2,1H3,(H2,20,21,23). The van der Waals surface area contributed by atoms with Crippen molar-refractivity contribution in [1.29, 1.82) is 0 Å². The van der Waals surface area contributed by atoms with Gasteiger partial charge in [0.1, 0.15) is 5.82 Å². The first-order chi connectivity index (χ1) is 11.6. The summed E-state index contributed by atoms with van der Waals surface area (Å²) in [6.07, 6.45) is 2.03. The van der Waals surface area contributed by atoms with Crippen molar-refractivity contribution < 1.29 is 19.0 Å². The zero-order valence-corrected chi connectivity index (χ0v) is 13.3. The number of pyridine rings is 1. The first-order valence-corrected chi connectivity index (χ1v) is 7.51. The van der Waals surface area contributed by atoms with Crippen LogP contribution in [0.25, 0.3) is 0 Å². The van der Waals surface area contributed by atoms with Gasteiger partial charge in [-0.05, 0) is 30.2 Å². The van der Waals surface area contributed by atoms with E-state index in [2.05, 4.69) is 15.6 Å². The molecule has 0 saturated heterocycles. The third kappa shape index (κ3) is 5.51. The highest BCUT2D eigenvalue weighted by Gasteiger charge is 2.11. The van der Waals surface area contributed by atoms with Crippen molar-refractivity contribution >= 4 is 11.7 Å². The first-order valence-electron chi connectivity index (χ1n) is 7.51. The summed E-state index contributed by atoms with van der Waals surface area (Å²) in [6, 6.07) is 9.01. The van der Waals surface area contributed by atoms with Gasteiger partial charge in [-0.15, -0.1) is 0 Å². The van der Waals surface area contributed by atoms with Crippen molar-refractivity contribution in [2.24, 2.45) is 5.92 Å². The predicted molar refractivity (Wildman–Crippen MR) is 88.5 cm³/mol. The molecule has 1 aromatic carbocycles. The molecule has 0 spiro atoms. The van der Waals surface area contributed by atoms with Crippen LogP contribution in [0.3, 0.4) is 0 Å². The number of methoxy groups -OCH3 is 1. The van der Waals surface area contributed by atoms with Crippen molar-refractivity contribution in [3.05, 3.63) is 54.0 Å². The van der Waals surface area contributed by atoms with Gasteiger partial charge in [0.25, 0.3) is 0 Å². The molecule has 2 rings (SSSR count). The third-order valence-corrected chi connectivity index (χ3v) is 3.45. The highest BCUT2D eigenvalue weighted by molar-refractivity contribution is 5.88. The Bertz CT molecular complexity index is 647. The molecule has 0 saturated carbocycles. The largest absolute Gasteiger partial charge is 0.481 e. The summed E-state index contributed by atoms with van der Waals surface area (Å²) in [6.45, 7) is 0.213. The Balaban J connectivity index is 1.80. The minimum absolute atomic E-state index is 0.0816. The summed E-state index contributed by atoms with van der Waals surface area (Å²) >= 11 is 0. The summed E-state index contributed by atoms with van der Waals surface area (Å²) < 4.78 is 17.8. The second-order valence-corrected chi connectivity index (χ2v) is 5.30. The van der Waals surface area contributed by atoms with Crippen molar-refractivity contribution in [2.45, 2.75) is 6.42 Å². The van der Waals surface area contributed by atoms with Crippen LogP contribution in [0.15, 0.2) is 42.6 Å². The third-order valence-electron chi connectivity index (χ3n) is 3.45. The molecule has 0 aliphatic carbocycles. The van der Waals surface area contributed by atoms with E-state index in [1.54, 1.807) is 24.3 Å². The smallest absolute Gasteiger partial charge is 0.319 e. The fourth-order valence-corrected chi connectivity index (χ4v) is 2.14. The molecule has 7 heteroatoms. The number of anilines is 1. The van der Waals surface area contributed by atoms with Gasteiger partial charge in [0.05, 0.1) is 19.0 Å². The number of carbonyl (C=O) groups is 1. The maximum atomic E-state index is 12.9. The fraction of sp³-hybridized carbons (Fsp3) is 0.294. The van der Waals surface area contributed by atoms with Crippen molar-refractivity contribution in [3.63, 3.8) is 0 Å². The molecule has 1 heterocycles. The zero-order valence-electron chi connectivity index (χ0n) is 13.3. The van der Waals surface area contributed by atoms with E-state index in [1.165, 1.54) is 25.4 Å². The fourth-order valence-electron chi connectivity index (χ4n) is 2.14. The lowest BCUT2D eigenvalue weighted by atomic mass is 10.00. The highest BCUT2D eigenvalue weighted by Crippen LogP contribution is 2.11. The molecule has 3 N–H and O–H groups in total. The quantitative estimate of drug-likeness (QED) is 0.725. The minimum atomic E-state index is -0.389. The van der Waals surface area contributed by atoms with Gasteiger partial charge in [0, 0.05) is 25.1 Å². The van der Waals surface area contributed by atoms with Gasteiger partial charge >= 0.3 is 6.03 Å². The maximum Gasteiger partial charge on any atom is 0.319 e. The number of nitrogens with one attached hydrogen (secondary N) is 2. The van der Waals surface area contributed by atoms with E-state index in [4.69, 9.17) is 4.74 Å². The molecule has 1 unspecified atom stereocenters. The van der Waals surface area contributed by atoms with Crippen LogP contribution in [0, 0.1) is 11.7 Å². The van der Waals surface area contributed by atoms with E-state index in [9.17, 15) is 14.3 Å². The van der Waals surface area contributed by atoms with Crippen molar-refractivity contribution in [2.75, 3.05) is 25.6 Å². The molecule has 1 aromatic heterocycles. The van der Waals surface area contributed by atoms with E-state index in [0.29, 0.717) is 24.5 Å². The highest BCUT2D eigenvalue weighted by atomic mass is 19.1. The molecule has 6 nitrogen and oxygen atoms in total. The van der Waals surface area contributed by atoms with Crippen LogP contribution in [-0.2, 0) is 6.42 Å². The van der Waals surface area contributed by atoms with Crippen LogP contribution in [0.4, 0.5) is 14.9 Å². The number of hydrogen-bond donors (Lipinski definition) is 3. The van der Waals surface area contributed by atoms with E-state index in [1.807, 2.05) is 0 Å². The predicted octanol–water partition coefficient (Wildman–Crippen LogP) is 2.20. The molecule has 0 radical (unpaired) electrons. The van der Waals surface area contributed by atoms with Crippen LogP contribution in [-0.4, -0.2) is 36.4 Å². The van der Waals surface area contributed by atoms with Gasteiger partial charge in [-0.3, -0.25) is 0 Å². The number of aliphatic hydroxyl groups excluding tert-OH is 1. The number of hydrogen-bond acceptors (Lipinski definition) is 4. The Hall–Kier alpha value is -2.67. The van der Waals surface area contributed by atoms with Gasteiger partial charge < -0.3 is 20.5 Å². The molecule has 2 aromatic rings. The van der Waals surface area contributed by atoms with E-state index >= 15 is 0 Å². The molecular weight excluding hydrogens is 313 g/mol. The van der Waals surface area contributed by atoms with Gasteiger partial charge in [-0.1, -0.05) is 12.1 Å². The molecule has 2 amide bonds. The minimum Gasteiger partial charge on any atom is -0.481 e. The normalized spacial score (nSPS) is 11.6. The Morgan fingerprint density at radius 1 is 1.29 bits per heavy atom. The second kappa shape index (κ2) is 8.83. The number of halogens is 1. The molecule has 0 fully saturated rings. The Kier molecular flexibility index (Phi) is 6.51. The summed E-state index contributed by atoms with van der Waals surface area (Å²) in [5, 5.41) is 14.8. The number of amides is 2. The van der Waals surface area contributed by atoms with Crippen LogP contribution in [0.1, 0.15) is 5.56 Å². The first kappa shape index (κ1) is 17.7. The lowest BCUT2D eigenvalue weighted by molar-refractivity contribution is 0.218. The Morgan fingerprint density at radius 2 is 2.04 bits per heavy atom. The molecule has 0 aliphatic heterocycles. The Labute approximate surface area is 139 Å². The van der Waals surface area contributed by atoms with Gasteiger partial charge in [-0.2, -0.15) is 0 Å². The summed E-state index contributed by atoms with van der Waals surface area (Å²) in [4.78, 5) is 15.9. The van der Waals surface area contributed by atoms with Crippen molar-refractivity contribution in [1.82, 2.24) is 10.3 Å². The van der Waals surface area contributed by atoms with Gasteiger partial charge in [0.2, 0.25) is 5.88 Å². The molecule has 1 atom stereocenters. The number of carbonyl (C=O) groups excluding carboxylic acids is 1. The topological polar surface area (TPSA) is 83.5 Å². The van der Waals surface area contributed by atoms with E-state index < -0.39 is 0 Å². The maximum absolute atomic E-state index is 12.9. The second-order valence-electron chi connectivity index (χ2n) is 5.30. The molecule has 0 bridgehead atoms. The number of aliphatic hydroxyl groups is 1. The average Bonchev–Trinajstić information content (AvgIpc) is 2.61. The summed E-state index contributed by atoms with van der Waals surface area (Å²) in [7, 11) is 1.51. The monoisotopic (exact) mass is 333 g/mol. The van der Waals surface area contributed by atoms with Gasteiger partial charge in [0.15, 0.2) is 0 Å². The number of ether oxygens (including phenoxy) is 1. The summed E-state index contributed by atoms with van der Waals surface area (Å²) in [5.41, 5.74) is 1.43. The van der Waals surface area contributed by atoms with Gasteiger partial charge in [-0.25, -0.2) is 14.2 Å². The van der Waals surface area contributed by atoms with E-state index in [-0.39, 0.29) is 24.4 Å². The average molecular weight is 333 g/mol. The molecule has 0 aliphatic rings. The number of aromatic nitrogens is 1. The number of rotatable bonds is 7. The number of urea groups is 1. The SMILES string of the molecule is COc1ccc(NC(=O)NCC(CO)Cc2ccc(F)cc2)cn1. The number of benzene rings is 1.